The van der Waals surface area contributed by atoms with E-state index in [0.29, 0.717) is 18.7 Å². The van der Waals surface area contributed by atoms with Crippen molar-refractivity contribution in [2.75, 3.05) is 22.3 Å². The zero-order valence-corrected chi connectivity index (χ0v) is 33.3. The Morgan fingerprint density at radius 2 is 1.05 bits per heavy atom. The lowest BCUT2D eigenvalue weighted by atomic mass is 9.95. The van der Waals surface area contributed by atoms with Crippen molar-refractivity contribution >= 4 is 34.4 Å². The molecule has 290 valence electrons. The van der Waals surface area contributed by atoms with Gasteiger partial charge in [0.15, 0.2) is 0 Å². The van der Waals surface area contributed by atoms with Crippen LogP contribution >= 0.6 is 0 Å². The minimum Gasteiger partial charge on any atom is -0.290 e. The fourth-order valence-corrected chi connectivity index (χ4v) is 8.23. The monoisotopic (exact) mass is 770 g/mol. The topological polar surface area (TPSA) is 45.6 Å². The number of amides is 1. The lowest BCUT2D eigenvalue weighted by Gasteiger charge is -2.37. The summed E-state index contributed by atoms with van der Waals surface area (Å²) in [5, 5.41) is 9.19. The third-order valence-electron chi connectivity index (χ3n) is 10.9. The maximum Gasteiger partial charge on any atom is 0.278 e. The summed E-state index contributed by atoms with van der Waals surface area (Å²) in [5.74, 6) is 0.740. The van der Waals surface area contributed by atoms with Crippen LogP contribution in [0.3, 0.4) is 0 Å². The van der Waals surface area contributed by atoms with E-state index in [1.807, 2.05) is 41.3 Å². The van der Waals surface area contributed by atoms with Gasteiger partial charge in [-0.1, -0.05) is 171 Å². The van der Waals surface area contributed by atoms with Crippen LogP contribution < -0.4 is 15.2 Å². The van der Waals surface area contributed by atoms with Crippen molar-refractivity contribution in [3.05, 3.63) is 228 Å². The molecule has 1 fully saturated rings. The number of para-hydroxylation sites is 3. The smallest absolute Gasteiger partial charge is 0.278 e. The molecule has 0 N–H and O–H groups in total. The van der Waals surface area contributed by atoms with E-state index >= 15 is 0 Å². The molecule has 7 aromatic carbocycles. The fraction of sp³-hybridized carbons (Fsp3) is 0.115. The third-order valence-corrected chi connectivity index (χ3v) is 10.9. The average Bonchev–Trinajstić information content (AvgIpc) is 3.77. The van der Waals surface area contributed by atoms with Gasteiger partial charge in [0.05, 0.1) is 23.6 Å². The minimum absolute atomic E-state index is 0.0678. The summed E-state index contributed by atoms with van der Waals surface area (Å²) in [4.78, 5) is 21.4. The van der Waals surface area contributed by atoms with Gasteiger partial charge in [-0.25, -0.2) is 10.0 Å². The molecule has 0 saturated carbocycles. The highest BCUT2D eigenvalue weighted by Crippen LogP contribution is 2.45. The Labute approximate surface area is 346 Å². The van der Waals surface area contributed by atoms with Gasteiger partial charge in [-0.15, -0.1) is 0 Å². The second-order valence-corrected chi connectivity index (χ2v) is 14.8. The number of hydrazine groups is 3. The highest BCUT2D eigenvalue weighted by atomic mass is 16.2. The molecule has 0 radical (unpaired) electrons. The first kappa shape index (κ1) is 37.4. The number of hydrogen-bond donors (Lipinski definition) is 0. The Bertz CT molecular complexity index is 2540. The molecular weight excluding hydrogens is 725 g/mol. The molecule has 2 aliphatic rings. The number of amidine groups is 1. The molecule has 0 bridgehead atoms. The van der Waals surface area contributed by atoms with E-state index in [4.69, 9.17) is 4.99 Å². The molecule has 2 aliphatic heterocycles. The maximum absolute atomic E-state index is 14.4. The molecule has 7 nitrogen and oxygen atoms in total. The van der Waals surface area contributed by atoms with Crippen LogP contribution in [-0.2, 0) is 11.3 Å². The first-order valence-corrected chi connectivity index (χ1v) is 20.3. The Morgan fingerprint density at radius 1 is 0.559 bits per heavy atom. The second-order valence-electron chi connectivity index (χ2n) is 14.8. The van der Waals surface area contributed by atoms with E-state index in [1.54, 1.807) is 0 Å². The van der Waals surface area contributed by atoms with Crippen molar-refractivity contribution in [2.24, 2.45) is 4.99 Å². The quantitative estimate of drug-likeness (QED) is 0.123. The largest absolute Gasteiger partial charge is 0.290 e. The van der Waals surface area contributed by atoms with Crippen LogP contribution in [0.1, 0.15) is 48.2 Å². The molecular formula is C52H46N6O. The molecule has 1 atom stereocenters. The Hall–Kier alpha value is -7.22. The minimum atomic E-state index is -0.211. The molecule has 0 spiro atoms. The van der Waals surface area contributed by atoms with Crippen LogP contribution in [0.15, 0.2) is 211 Å². The summed E-state index contributed by atoms with van der Waals surface area (Å²) in [6.07, 6.45) is 1.39. The predicted molar refractivity (Wildman–Crippen MR) is 241 cm³/mol. The number of carbonyl (C=O) groups is 1. The van der Waals surface area contributed by atoms with Crippen molar-refractivity contribution in [1.82, 2.24) is 9.91 Å². The number of hydrogen-bond acceptors (Lipinski definition) is 6. The lowest BCUT2D eigenvalue weighted by molar-refractivity contribution is -0.123. The number of anilines is 3. The molecule has 2 heterocycles. The van der Waals surface area contributed by atoms with Gasteiger partial charge in [0, 0.05) is 24.6 Å². The van der Waals surface area contributed by atoms with Gasteiger partial charge in [-0.05, 0) is 70.6 Å². The summed E-state index contributed by atoms with van der Waals surface area (Å²) in [5.41, 5.74) is 10.9. The Kier molecular flexibility index (Phi) is 10.6. The van der Waals surface area contributed by atoms with E-state index < -0.39 is 0 Å². The molecule has 1 saturated heterocycles. The van der Waals surface area contributed by atoms with Gasteiger partial charge in [0.1, 0.15) is 17.7 Å². The fourth-order valence-electron chi connectivity index (χ4n) is 8.23. The van der Waals surface area contributed by atoms with Crippen molar-refractivity contribution in [3.8, 4) is 11.1 Å². The highest BCUT2D eigenvalue weighted by Gasteiger charge is 2.45. The summed E-state index contributed by atoms with van der Waals surface area (Å²) in [6, 6.07) is 69.2. The Balaban J connectivity index is 1.07. The van der Waals surface area contributed by atoms with Gasteiger partial charge >= 0.3 is 0 Å². The summed E-state index contributed by atoms with van der Waals surface area (Å²) in [6.45, 7) is 2.57. The van der Waals surface area contributed by atoms with Crippen LogP contribution in [-0.4, -0.2) is 28.7 Å². The van der Waals surface area contributed by atoms with Crippen LogP contribution in [0.25, 0.3) is 16.7 Å². The van der Waals surface area contributed by atoms with Crippen molar-refractivity contribution in [2.45, 2.75) is 32.5 Å². The van der Waals surface area contributed by atoms with E-state index in [2.05, 4.69) is 198 Å². The van der Waals surface area contributed by atoms with Gasteiger partial charge in [-0.2, -0.15) is 15.2 Å². The summed E-state index contributed by atoms with van der Waals surface area (Å²) in [7, 11) is 2.16. The number of carbonyl (C=O) groups excluding carboxylic acids is 1. The number of rotatable bonds is 11. The molecule has 7 heteroatoms. The molecule has 0 aromatic heterocycles. The van der Waals surface area contributed by atoms with E-state index in [1.165, 1.54) is 0 Å². The van der Waals surface area contributed by atoms with Crippen molar-refractivity contribution < 1.29 is 4.79 Å². The first-order valence-electron chi connectivity index (χ1n) is 20.3. The summed E-state index contributed by atoms with van der Waals surface area (Å²) < 4.78 is 0. The molecule has 7 aromatic rings. The van der Waals surface area contributed by atoms with Gasteiger partial charge in [-0.3, -0.25) is 9.69 Å². The number of nitrogens with zero attached hydrogens (tertiary/aromatic N) is 6. The van der Waals surface area contributed by atoms with Crippen molar-refractivity contribution in [3.63, 3.8) is 0 Å². The first-order chi connectivity index (χ1) is 29.1. The standard InChI is InChI=1S/C52H46N6O/c1-3-21-48-53-50(49(41-22-9-4-10-23-41)42-24-11-5-12-25-42)52(59)55(48)38-39-34-36-40(37-35-39)46-32-19-20-33-47(46)51-54(2)57(44-28-15-7-16-29-44)58(45-30-17-8-18-31-45)56(51)43-26-13-6-14-27-43/h4-20,22-37,51H,3,21,38H2,1-2H3. The molecule has 1 unspecified atom stereocenters. The predicted octanol–water partition coefficient (Wildman–Crippen LogP) is 11.6. The third kappa shape index (κ3) is 7.29. The normalized spacial score (nSPS) is 15.6. The van der Waals surface area contributed by atoms with E-state index in [-0.39, 0.29) is 12.1 Å². The average molecular weight is 771 g/mol. The highest BCUT2D eigenvalue weighted by molar-refractivity contribution is 6.17. The Morgan fingerprint density at radius 3 is 1.61 bits per heavy atom. The zero-order valence-electron chi connectivity index (χ0n) is 33.3. The van der Waals surface area contributed by atoms with E-state index in [9.17, 15) is 4.79 Å². The second kappa shape index (κ2) is 16.7. The molecule has 9 rings (SSSR count). The van der Waals surface area contributed by atoms with Crippen LogP contribution in [0, 0.1) is 0 Å². The van der Waals surface area contributed by atoms with Crippen LogP contribution in [0.2, 0.25) is 0 Å². The summed E-state index contributed by atoms with van der Waals surface area (Å²) >= 11 is 0. The van der Waals surface area contributed by atoms with Crippen molar-refractivity contribution in [1.29, 1.82) is 0 Å². The SMILES string of the molecule is CCCC1=NC(=C(c2ccccc2)c2ccccc2)C(=O)N1Cc1ccc(-c2ccccc2C2N(C)N(c3ccccc3)N(c3ccccc3)N2c2ccccc2)cc1. The zero-order chi connectivity index (χ0) is 40.1. The molecule has 1 amide bonds. The molecule has 0 aliphatic carbocycles. The van der Waals surface area contributed by atoms with Gasteiger partial charge < -0.3 is 0 Å². The van der Waals surface area contributed by atoms with Crippen LogP contribution in [0.4, 0.5) is 17.1 Å². The molecule has 59 heavy (non-hydrogen) atoms. The van der Waals surface area contributed by atoms with Crippen LogP contribution in [0.5, 0.6) is 0 Å². The van der Waals surface area contributed by atoms with Gasteiger partial charge in [0.2, 0.25) is 0 Å². The number of benzene rings is 7. The lowest BCUT2D eigenvalue weighted by Crippen LogP contribution is -2.47. The van der Waals surface area contributed by atoms with Gasteiger partial charge in [0.25, 0.3) is 5.91 Å². The maximum atomic E-state index is 14.4. The number of aliphatic imine (C=N–C) groups is 1. The van der Waals surface area contributed by atoms with E-state index in [0.717, 1.165) is 68.3 Å².